The Morgan fingerprint density at radius 1 is 1.47 bits per heavy atom. The molecule has 106 valence electrons. The SMILES string of the molecule is O=c1ccn(CC2COC(CP(=O)(O)O)O2)c(=O)[nH]1. The Hall–Kier alpha value is -1.25. The summed E-state index contributed by atoms with van der Waals surface area (Å²) in [5, 5.41) is 0. The molecule has 0 bridgehead atoms. The van der Waals surface area contributed by atoms with Gasteiger partial charge >= 0.3 is 13.3 Å². The predicted molar refractivity (Wildman–Crippen MR) is 62.8 cm³/mol. The molecule has 2 rings (SSSR count). The number of H-pyrrole nitrogens is 1. The first-order chi connectivity index (χ1) is 8.83. The van der Waals surface area contributed by atoms with Gasteiger partial charge in [-0.15, -0.1) is 0 Å². The largest absolute Gasteiger partial charge is 0.349 e. The highest BCUT2D eigenvalue weighted by Gasteiger charge is 2.31. The van der Waals surface area contributed by atoms with Crippen LogP contribution in [0.2, 0.25) is 0 Å². The number of nitrogens with one attached hydrogen (secondary N) is 1. The lowest BCUT2D eigenvalue weighted by Gasteiger charge is -2.12. The summed E-state index contributed by atoms with van der Waals surface area (Å²) >= 11 is 0. The fraction of sp³-hybridized carbons (Fsp3) is 0.556. The molecule has 10 heteroatoms. The summed E-state index contributed by atoms with van der Waals surface area (Å²) in [6.45, 7) is 0.253. The van der Waals surface area contributed by atoms with E-state index in [1.165, 1.54) is 16.8 Å². The van der Waals surface area contributed by atoms with Gasteiger partial charge in [0.15, 0.2) is 6.29 Å². The van der Waals surface area contributed by atoms with E-state index in [4.69, 9.17) is 19.3 Å². The second-order valence-corrected chi connectivity index (χ2v) is 5.83. The average Bonchev–Trinajstić information content (AvgIpc) is 2.67. The Kier molecular flexibility index (Phi) is 4.02. The minimum Gasteiger partial charge on any atom is -0.349 e. The molecule has 1 saturated heterocycles. The van der Waals surface area contributed by atoms with Crippen molar-refractivity contribution in [2.45, 2.75) is 18.9 Å². The fourth-order valence-corrected chi connectivity index (χ4v) is 2.28. The molecule has 1 aromatic rings. The van der Waals surface area contributed by atoms with Gasteiger partial charge in [0, 0.05) is 12.3 Å². The quantitative estimate of drug-likeness (QED) is 0.573. The summed E-state index contributed by atoms with van der Waals surface area (Å²) in [7, 11) is -4.21. The lowest BCUT2D eigenvalue weighted by Crippen LogP contribution is -2.33. The number of ether oxygens (including phenoxy) is 2. The van der Waals surface area contributed by atoms with E-state index in [2.05, 4.69) is 4.98 Å². The molecule has 1 aliphatic rings. The van der Waals surface area contributed by atoms with Crippen LogP contribution in [-0.4, -0.2) is 44.5 Å². The Bertz CT molecular complexity index is 603. The molecular weight excluding hydrogens is 279 g/mol. The van der Waals surface area contributed by atoms with Crippen molar-refractivity contribution in [1.82, 2.24) is 9.55 Å². The maximum absolute atomic E-state index is 11.4. The van der Waals surface area contributed by atoms with Gasteiger partial charge in [0.05, 0.1) is 13.2 Å². The van der Waals surface area contributed by atoms with E-state index in [9.17, 15) is 14.2 Å². The van der Waals surface area contributed by atoms with Gasteiger partial charge in [-0.3, -0.25) is 18.9 Å². The Balaban J connectivity index is 1.97. The Morgan fingerprint density at radius 2 is 2.21 bits per heavy atom. The molecule has 0 spiro atoms. The van der Waals surface area contributed by atoms with Crippen molar-refractivity contribution in [1.29, 1.82) is 0 Å². The second-order valence-electron chi connectivity index (χ2n) is 4.13. The molecule has 0 saturated carbocycles. The van der Waals surface area contributed by atoms with Crippen LogP contribution in [0.15, 0.2) is 21.9 Å². The summed E-state index contributed by atoms with van der Waals surface area (Å²) in [6.07, 6.45) is -0.686. The third kappa shape index (κ3) is 4.12. The van der Waals surface area contributed by atoms with Crippen LogP contribution in [-0.2, 0) is 20.6 Å². The van der Waals surface area contributed by atoms with Gasteiger partial charge in [-0.05, 0) is 0 Å². The molecule has 0 radical (unpaired) electrons. The van der Waals surface area contributed by atoms with Crippen molar-refractivity contribution in [3.05, 3.63) is 33.1 Å². The lowest BCUT2D eigenvalue weighted by molar-refractivity contribution is -0.0445. The van der Waals surface area contributed by atoms with Crippen molar-refractivity contribution >= 4 is 7.60 Å². The van der Waals surface area contributed by atoms with Crippen LogP contribution in [0, 0.1) is 0 Å². The summed E-state index contributed by atoms with van der Waals surface area (Å²) in [5.74, 6) is 0. The molecule has 19 heavy (non-hydrogen) atoms. The van der Waals surface area contributed by atoms with Gasteiger partial charge in [-0.1, -0.05) is 0 Å². The zero-order chi connectivity index (χ0) is 14.0. The highest BCUT2D eigenvalue weighted by molar-refractivity contribution is 7.51. The third-order valence-corrected chi connectivity index (χ3v) is 3.27. The predicted octanol–water partition coefficient (Wildman–Crippen LogP) is -1.54. The van der Waals surface area contributed by atoms with Crippen molar-refractivity contribution in [3.63, 3.8) is 0 Å². The molecule has 0 aliphatic carbocycles. The maximum atomic E-state index is 11.4. The minimum atomic E-state index is -4.21. The Labute approximate surface area is 107 Å². The van der Waals surface area contributed by atoms with Gasteiger partial charge in [-0.2, -0.15) is 0 Å². The summed E-state index contributed by atoms with van der Waals surface area (Å²) in [5.41, 5.74) is -1.07. The number of hydrogen-bond donors (Lipinski definition) is 3. The zero-order valence-corrected chi connectivity index (χ0v) is 10.7. The lowest BCUT2D eigenvalue weighted by atomic mass is 10.4. The molecule has 3 N–H and O–H groups in total. The molecule has 1 aromatic heterocycles. The summed E-state index contributed by atoms with van der Waals surface area (Å²) < 4.78 is 22.4. The van der Waals surface area contributed by atoms with Crippen LogP contribution >= 0.6 is 7.60 Å². The average molecular weight is 292 g/mol. The second kappa shape index (κ2) is 5.40. The molecule has 9 nitrogen and oxygen atoms in total. The first kappa shape index (κ1) is 14.2. The molecule has 1 fully saturated rings. The molecule has 0 amide bonds. The molecule has 2 heterocycles. The monoisotopic (exact) mass is 292 g/mol. The number of nitrogens with zero attached hydrogens (tertiary/aromatic N) is 1. The molecule has 2 unspecified atom stereocenters. The first-order valence-corrected chi connectivity index (χ1v) is 7.25. The Morgan fingerprint density at radius 3 is 2.84 bits per heavy atom. The van der Waals surface area contributed by atoms with Crippen LogP contribution in [0.1, 0.15) is 0 Å². The smallest absolute Gasteiger partial charge is 0.330 e. The van der Waals surface area contributed by atoms with E-state index in [-0.39, 0.29) is 13.2 Å². The highest BCUT2D eigenvalue weighted by atomic mass is 31.2. The number of aromatic amines is 1. The standard InChI is InChI=1S/C9H13N2O7P/c12-7-1-2-11(9(13)10-7)3-6-4-17-8(18-6)5-19(14,15)16/h1-2,6,8H,3-5H2,(H,10,12,13)(H2,14,15,16). The van der Waals surface area contributed by atoms with Gasteiger partial charge in [0.2, 0.25) is 0 Å². The normalized spacial score (nSPS) is 23.7. The zero-order valence-electron chi connectivity index (χ0n) is 9.76. The van der Waals surface area contributed by atoms with Crippen molar-refractivity contribution in [3.8, 4) is 0 Å². The molecular formula is C9H13N2O7P. The summed E-state index contributed by atoms with van der Waals surface area (Å²) in [4.78, 5) is 42.0. The van der Waals surface area contributed by atoms with Crippen LogP contribution < -0.4 is 11.2 Å². The van der Waals surface area contributed by atoms with E-state index in [0.717, 1.165) is 0 Å². The van der Waals surface area contributed by atoms with Crippen molar-refractivity contribution < 1.29 is 23.8 Å². The van der Waals surface area contributed by atoms with Gasteiger partial charge in [0.1, 0.15) is 12.3 Å². The number of rotatable bonds is 4. The fourth-order valence-electron chi connectivity index (χ4n) is 1.70. The van der Waals surface area contributed by atoms with Crippen LogP contribution in [0.4, 0.5) is 0 Å². The maximum Gasteiger partial charge on any atom is 0.330 e. The van der Waals surface area contributed by atoms with Crippen molar-refractivity contribution in [2.24, 2.45) is 0 Å². The molecule has 1 aliphatic heterocycles. The topological polar surface area (TPSA) is 131 Å². The van der Waals surface area contributed by atoms with E-state index in [0.29, 0.717) is 0 Å². The summed E-state index contributed by atoms with van der Waals surface area (Å²) in [6, 6.07) is 1.20. The van der Waals surface area contributed by atoms with E-state index in [1.54, 1.807) is 0 Å². The molecule has 0 aromatic carbocycles. The van der Waals surface area contributed by atoms with Gasteiger partial charge in [0.25, 0.3) is 5.56 Å². The van der Waals surface area contributed by atoms with E-state index in [1.807, 2.05) is 0 Å². The number of hydrogen-bond acceptors (Lipinski definition) is 5. The highest BCUT2D eigenvalue weighted by Crippen LogP contribution is 2.37. The van der Waals surface area contributed by atoms with Gasteiger partial charge in [-0.25, -0.2) is 4.79 Å². The van der Waals surface area contributed by atoms with Crippen LogP contribution in [0.5, 0.6) is 0 Å². The van der Waals surface area contributed by atoms with Crippen molar-refractivity contribution in [2.75, 3.05) is 12.8 Å². The van der Waals surface area contributed by atoms with E-state index < -0.39 is 37.4 Å². The molecule has 2 atom stereocenters. The van der Waals surface area contributed by atoms with Crippen LogP contribution in [0.25, 0.3) is 0 Å². The first-order valence-electron chi connectivity index (χ1n) is 5.45. The van der Waals surface area contributed by atoms with Gasteiger partial charge < -0.3 is 19.3 Å². The van der Waals surface area contributed by atoms with Crippen LogP contribution in [0.3, 0.4) is 0 Å². The minimum absolute atomic E-state index is 0.121. The van der Waals surface area contributed by atoms with E-state index >= 15 is 0 Å². The number of aromatic nitrogens is 2. The third-order valence-electron chi connectivity index (χ3n) is 2.50.